The Balaban J connectivity index is 1.32. The van der Waals surface area contributed by atoms with E-state index in [1.165, 1.54) is 0 Å². The van der Waals surface area contributed by atoms with Gasteiger partial charge in [0.1, 0.15) is 6.61 Å². The van der Waals surface area contributed by atoms with E-state index in [0.717, 1.165) is 56.2 Å². The fourth-order valence-corrected chi connectivity index (χ4v) is 4.22. The molecule has 4 rings (SSSR count). The highest BCUT2D eigenvalue weighted by molar-refractivity contribution is 5.89. The summed E-state index contributed by atoms with van der Waals surface area (Å²) in [4.78, 5) is 19.2. The number of rotatable bonds is 5. The molecule has 158 valence electrons. The van der Waals surface area contributed by atoms with Crippen molar-refractivity contribution in [1.82, 2.24) is 10.2 Å². The summed E-state index contributed by atoms with van der Waals surface area (Å²) in [5.41, 5.74) is 2.84. The first-order valence-electron chi connectivity index (χ1n) is 10.5. The standard InChI is InChI=1S/C24H29N3O3/c1-25-23(27-12-10-24(17-27)11-13-29-18-24)26-15-20-8-5-9-21(14-20)22(28)30-16-19-6-3-2-4-7-19/h2-9,14H,10-13,15-18H2,1H3,(H,25,26). The van der Waals surface area contributed by atoms with Gasteiger partial charge in [-0.3, -0.25) is 4.99 Å². The molecule has 0 radical (unpaired) electrons. The normalized spacial score (nSPS) is 21.2. The van der Waals surface area contributed by atoms with Crippen LogP contribution in [0.2, 0.25) is 0 Å². The minimum absolute atomic E-state index is 0.273. The molecule has 1 unspecified atom stereocenters. The Labute approximate surface area is 177 Å². The van der Waals surface area contributed by atoms with Crippen LogP contribution in [0.4, 0.5) is 0 Å². The van der Waals surface area contributed by atoms with Crippen LogP contribution in [0.15, 0.2) is 59.6 Å². The molecule has 2 aliphatic heterocycles. The molecule has 2 saturated heterocycles. The van der Waals surface area contributed by atoms with Crippen LogP contribution in [-0.4, -0.2) is 50.2 Å². The lowest BCUT2D eigenvalue weighted by Crippen LogP contribution is -2.41. The monoisotopic (exact) mass is 407 g/mol. The van der Waals surface area contributed by atoms with E-state index in [2.05, 4.69) is 15.2 Å². The quantitative estimate of drug-likeness (QED) is 0.468. The van der Waals surface area contributed by atoms with Gasteiger partial charge in [0.25, 0.3) is 0 Å². The zero-order chi connectivity index (χ0) is 20.8. The number of carbonyl (C=O) groups excluding carboxylic acids is 1. The summed E-state index contributed by atoms with van der Waals surface area (Å²) in [6.45, 7) is 4.58. The van der Waals surface area contributed by atoms with E-state index in [4.69, 9.17) is 9.47 Å². The predicted octanol–water partition coefficient (Wildman–Crippen LogP) is 3.23. The van der Waals surface area contributed by atoms with Crippen LogP contribution in [-0.2, 0) is 22.6 Å². The van der Waals surface area contributed by atoms with Gasteiger partial charge in [-0.25, -0.2) is 4.79 Å². The highest BCUT2D eigenvalue weighted by Gasteiger charge is 2.42. The Hall–Kier alpha value is -2.86. The molecule has 6 nitrogen and oxygen atoms in total. The summed E-state index contributed by atoms with van der Waals surface area (Å²) < 4.78 is 11.1. The molecular formula is C24H29N3O3. The second-order valence-electron chi connectivity index (χ2n) is 8.14. The van der Waals surface area contributed by atoms with Crippen molar-refractivity contribution in [2.45, 2.75) is 26.0 Å². The van der Waals surface area contributed by atoms with E-state index < -0.39 is 0 Å². The minimum Gasteiger partial charge on any atom is -0.457 e. The van der Waals surface area contributed by atoms with Gasteiger partial charge in [0.05, 0.1) is 12.2 Å². The number of nitrogens with zero attached hydrogens (tertiary/aromatic N) is 2. The minimum atomic E-state index is -0.312. The Morgan fingerprint density at radius 3 is 2.77 bits per heavy atom. The number of hydrogen-bond donors (Lipinski definition) is 1. The first-order chi connectivity index (χ1) is 14.7. The number of aliphatic imine (C=N–C) groups is 1. The van der Waals surface area contributed by atoms with Gasteiger partial charge in [-0.2, -0.15) is 0 Å². The summed E-state index contributed by atoms with van der Waals surface area (Å²) in [6.07, 6.45) is 2.28. The van der Waals surface area contributed by atoms with Crippen LogP contribution >= 0.6 is 0 Å². The van der Waals surface area contributed by atoms with Crippen LogP contribution in [0.5, 0.6) is 0 Å². The lowest BCUT2D eigenvalue weighted by molar-refractivity contribution is 0.0472. The molecule has 0 saturated carbocycles. The molecule has 1 atom stereocenters. The van der Waals surface area contributed by atoms with Gasteiger partial charge in [0.2, 0.25) is 0 Å². The molecular weight excluding hydrogens is 378 g/mol. The van der Waals surface area contributed by atoms with Gasteiger partial charge < -0.3 is 19.7 Å². The highest BCUT2D eigenvalue weighted by atomic mass is 16.5. The molecule has 2 aromatic rings. The van der Waals surface area contributed by atoms with Crippen LogP contribution in [0.3, 0.4) is 0 Å². The summed E-state index contributed by atoms with van der Waals surface area (Å²) >= 11 is 0. The van der Waals surface area contributed by atoms with Crippen LogP contribution in [0.1, 0.15) is 34.3 Å². The van der Waals surface area contributed by atoms with Gasteiger partial charge in [0.15, 0.2) is 5.96 Å². The van der Waals surface area contributed by atoms with E-state index in [1.807, 2.05) is 55.6 Å². The highest BCUT2D eigenvalue weighted by Crippen LogP contribution is 2.38. The molecule has 2 heterocycles. The Morgan fingerprint density at radius 1 is 1.17 bits per heavy atom. The summed E-state index contributed by atoms with van der Waals surface area (Å²) in [5.74, 6) is 0.587. The SMILES string of the molecule is CN=C(NCc1cccc(C(=O)OCc2ccccc2)c1)N1CCC2(CCOC2)C1. The average Bonchev–Trinajstić information content (AvgIpc) is 3.43. The van der Waals surface area contributed by atoms with Crippen LogP contribution in [0, 0.1) is 5.41 Å². The molecule has 0 aromatic heterocycles. The number of benzene rings is 2. The van der Waals surface area contributed by atoms with E-state index in [-0.39, 0.29) is 12.6 Å². The number of likely N-dealkylation sites (tertiary alicyclic amines) is 1. The fourth-order valence-electron chi connectivity index (χ4n) is 4.22. The van der Waals surface area contributed by atoms with Crippen molar-refractivity contribution < 1.29 is 14.3 Å². The molecule has 2 aliphatic rings. The molecule has 0 amide bonds. The maximum atomic E-state index is 12.4. The smallest absolute Gasteiger partial charge is 0.338 e. The number of guanidine groups is 1. The van der Waals surface area contributed by atoms with Crippen molar-refractivity contribution in [3.05, 3.63) is 71.3 Å². The zero-order valence-corrected chi connectivity index (χ0v) is 17.5. The van der Waals surface area contributed by atoms with Crippen molar-refractivity contribution in [2.24, 2.45) is 10.4 Å². The van der Waals surface area contributed by atoms with Gasteiger partial charge >= 0.3 is 5.97 Å². The topological polar surface area (TPSA) is 63.2 Å². The van der Waals surface area contributed by atoms with Gasteiger partial charge in [-0.15, -0.1) is 0 Å². The molecule has 2 aromatic carbocycles. The molecule has 30 heavy (non-hydrogen) atoms. The third kappa shape index (κ3) is 4.82. The largest absolute Gasteiger partial charge is 0.457 e. The molecule has 0 aliphatic carbocycles. The van der Waals surface area contributed by atoms with Crippen LogP contribution < -0.4 is 5.32 Å². The lowest BCUT2D eigenvalue weighted by atomic mass is 9.87. The molecule has 1 spiro atoms. The second-order valence-corrected chi connectivity index (χ2v) is 8.14. The molecule has 1 N–H and O–H groups in total. The number of nitrogens with one attached hydrogen (secondary N) is 1. The van der Waals surface area contributed by atoms with E-state index >= 15 is 0 Å². The van der Waals surface area contributed by atoms with E-state index in [1.54, 1.807) is 6.07 Å². The third-order valence-electron chi connectivity index (χ3n) is 5.96. The first kappa shape index (κ1) is 20.4. The average molecular weight is 408 g/mol. The molecule has 0 bridgehead atoms. The fraction of sp³-hybridized carbons (Fsp3) is 0.417. The van der Waals surface area contributed by atoms with Crippen molar-refractivity contribution >= 4 is 11.9 Å². The van der Waals surface area contributed by atoms with Crippen molar-refractivity contribution in [3.8, 4) is 0 Å². The Bertz CT molecular complexity index is 892. The number of esters is 1. The van der Waals surface area contributed by atoms with E-state index in [0.29, 0.717) is 17.5 Å². The summed E-state index contributed by atoms with van der Waals surface area (Å²) in [7, 11) is 1.82. The van der Waals surface area contributed by atoms with Crippen molar-refractivity contribution in [1.29, 1.82) is 0 Å². The molecule has 2 fully saturated rings. The Kier molecular flexibility index (Phi) is 6.33. The van der Waals surface area contributed by atoms with Gasteiger partial charge in [0, 0.05) is 38.7 Å². The maximum Gasteiger partial charge on any atom is 0.338 e. The van der Waals surface area contributed by atoms with Crippen molar-refractivity contribution in [2.75, 3.05) is 33.4 Å². The Morgan fingerprint density at radius 2 is 2.00 bits per heavy atom. The summed E-state index contributed by atoms with van der Waals surface area (Å²) in [6, 6.07) is 17.3. The van der Waals surface area contributed by atoms with Gasteiger partial charge in [-0.1, -0.05) is 42.5 Å². The van der Waals surface area contributed by atoms with E-state index in [9.17, 15) is 4.79 Å². The second kappa shape index (κ2) is 9.30. The number of hydrogen-bond acceptors (Lipinski definition) is 4. The molecule has 6 heteroatoms. The van der Waals surface area contributed by atoms with Crippen LogP contribution in [0.25, 0.3) is 0 Å². The first-order valence-corrected chi connectivity index (χ1v) is 10.5. The predicted molar refractivity (Wildman–Crippen MR) is 116 cm³/mol. The number of carbonyl (C=O) groups is 1. The van der Waals surface area contributed by atoms with Gasteiger partial charge in [-0.05, 0) is 36.1 Å². The lowest BCUT2D eigenvalue weighted by Gasteiger charge is -2.25. The number of ether oxygens (including phenoxy) is 2. The maximum absolute atomic E-state index is 12.4. The third-order valence-corrected chi connectivity index (χ3v) is 5.96. The summed E-state index contributed by atoms with van der Waals surface area (Å²) in [5, 5.41) is 3.44. The van der Waals surface area contributed by atoms with Crippen molar-refractivity contribution in [3.63, 3.8) is 0 Å². The zero-order valence-electron chi connectivity index (χ0n) is 17.5.